The third-order valence-corrected chi connectivity index (χ3v) is 10.0. The number of allylic oxidation sites excluding steroid dienone is 1. The monoisotopic (exact) mass is 390 g/mol. The minimum absolute atomic E-state index is 0.0671. The van der Waals surface area contributed by atoms with E-state index in [4.69, 9.17) is 10.8 Å². The van der Waals surface area contributed by atoms with E-state index in [-0.39, 0.29) is 16.7 Å². The van der Waals surface area contributed by atoms with Gasteiger partial charge in [-0.3, -0.25) is 4.79 Å². The second-order valence-electron chi connectivity index (χ2n) is 8.03. The van der Waals surface area contributed by atoms with Gasteiger partial charge in [0.15, 0.2) is 0 Å². The number of ketones is 1. The molecule has 2 aromatic carbocycles. The maximum absolute atomic E-state index is 11.7. The van der Waals surface area contributed by atoms with Crippen molar-refractivity contribution in [1.29, 1.82) is 0 Å². The summed E-state index contributed by atoms with van der Waals surface area (Å²) in [5.74, 6) is 2.42. The van der Waals surface area contributed by atoms with Crippen LogP contribution in [-0.2, 0) is 9.22 Å². The molecule has 0 saturated heterocycles. The van der Waals surface area contributed by atoms with Gasteiger partial charge >= 0.3 is 0 Å². The van der Waals surface area contributed by atoms with Gasteiger partial charge in [0.25, 0.3) is 8.32 Å². The second-order valence-corrected chi connectivity index (χ2v) is 12.3. The number of hydrogen-bond donors (Lipinski definition) is 0. The van der Waals surface area contributed by atoms with Crippen LogP contribution >= 0.6 is 0 Å². The van der Waals surface area contributed by atoms with Gasteiger partial charge in [0.05, 0.1) is 6.61 Å². The summed E-state index contributed by atoms with van der Waals surface area (Å²) < 4.78 is 6.76. The van der Waals surface area contributed by atoms with E-state index < -0.39 is 8.32 Å². The van der Waals surface area contributed by atoms with E-state index in [1.165, 1.54) is 10.4 Å². The van der Waals surface area contributed by atoms with Crippen molar-refractivity contribution in [2.75, 3.05) is 6.61 Å². The van der Waals surface area contributed by atoms with Crippen LogP contribution in [0.1, 0.15) is 34.1 Å². The Morgan fingerprint density at radius 1 is 1.07 bits per heavy atom. The SMILES string of the molecule is C#CC[C@H](/C=C/CO[Si](c1ccccc1)(c1ccccc1)C(C)(C)C)C(C)=O. The molecular weight excluding hydrogens is 360 g/mol. The Labute approximate surface area is 170 Å². The number of hydrogen-bond acceptors (Lipinski definition) is 2. The summed E-state index contributed by atoms with van der Waals surface area (Å²) in [6, 6.07) is 21.0. The maximum atomic E-state index is 11.7. The third kappa shape index (κ3) is 4.89. The van der Waals surface area contributed by atoms with Gasteiger partial charge in [-0.05, 0) is 22.3 Å². The van der Waals surface area contributed by atoms with Crippen LogP contribution in [0.15, 0.2) is 72.8 Å². The summed E-state index contributed by atoms with van der Waals surface area (Å²) in [5.41, 5.74) is 0. The first kappa shape index (κ1) is 21.9. The van der Waals surface area contributed by atoms with Crippen molar-refractivity contribution in [3.05, 3.63) is 72.8 Å². The first-order valence-electron chi connectivity index (χ1n) is 9.68. The van der Waals surface area contributed by atoms with Crippen LogP contribution in [0.2, 0.25) is 5.04 Å². The summed E-state index contributed by atoms with van der Waals surface area (Å²) in [4.78, 5) is 11.7. The fourth-order valence-corrected chi connectivity index (χ4v) is 8.13. The van der Waals surface area contributed by atoms with Crippen molar-refractivity contribution < 1.29 is 9.22 Å². The standard InChI is InChI=1S/C25H30O2Si/c1-6-14-22(21(2)26)15-13-20-27-28(25(3,4)5,23-16-9-7-10-17-23)24-18-11-8-12-19-24/h1,7-13,15-19,22H,14,20H2,2-5H3/b15-13+/t22-/m1/s1. The van der Waals surface area contributed by atoms with Crippen LogP contribution in [0, 0.1) is 18.3 Å². The molecule has 0 fully saturated rings. The lowest BCUT2D eigenvalue weighted by Crippen LogP contribution is -2.66. The van der Waals surface area contributed by atoms with Crippen LogP contribution in [0.25, 0.3) is 0 Å². The number of Topliss-reactive ketones (excluding diaryl/α,β-unsaturated/α-hetero) is 1. The number of carbonyl (C=O) groups is 1. The average molecular weight is 391 g/mol. The van der Waals surface area contributed by atoms with Gasteiger partial charge in [0, 0.05) is 12.3 Å². The molecule has 2 rings (SSSR count). The van der Waals surface area contributed by atoms with Gasteiger partial charge in [-0.2, -0.15) is 0 Å². The van der Waals surface area contributed by atoms with Gasteiger partial charge < -0.3 is 4.43 Å². The number of rotatable bonds is 8. The Hall–Kier alpha value is -2.41. The number of benzene rings is 2. The van der Waals surface area contributed by atoms with E-state index in [1.807, 2.05) is 24.3 Å². The van der Waals surface area contributed by atoms with Crippen LogP contribution in [0.5, 0.6) is 0 Å². The van der Waals surface area contributed by atoms with E-state index in [9.17, 15) is 4.79 Å². The molecule has 2 nitrogen and oxygen atoms in total. The lowest BCUT2D eigenvalue weighted by Gasteiger charge is -2.42. The van der Waals surface area contributed by atoms with Crippen molar-refractivity contribution in [2.45, 2.75) is 39.2 Å². The van der Waals surface area contributed by atoms with Crippen LogP contribution in [0.3, 0.4) is 0 Å². The maximum Gasteiger partial charge on any atom is 0.261 e. The Balaban J connectivity index is 2.42. The Kier molecular flexibility index (Phi) is 7.57. The van der Waals surface area contributed by atoms with Crippen molar-refractivity contribution >= 4 is 24.5 Å². The molecule has 3 heteroatoms. The third-order valence-electron chi connectivity index (χ3n) is 5.04. The molecule has 0 heterocycles. The minimum atomic E-state index is -2.54. The molecule has 1 atom stereocenters. The highest BCUT2D eigenvalue weighted by atomic mass is 28.4. The van der Waals surface area contributed by atoms with Gasteiger partial charge in [-0.15, -0.1) is 12.3 Å². The molecule has 2 aromatic rings. The molecule has 0 aromatic heterocycles. The van der Waals surface area contributed by atoms with Crippen LogP contribution < -0.4 is 10.4 Å². The molecule has 0 bridgehead atoms. The van der Waals surface area contributed by atoms with Crippen LogP contribution in [-0.4, -0.2) is 20.7 Å². The summed E-state index contributed by atoms with van der Waals surface area (Å²) in [6.45, 7) is 8.77. The number of terminal acetylenes is 1. The molecule has 0 amide bonds. The largest absolute Gasteiger partial charge is 0.404 e. The lowest BCUT2D eigenvalue weighted by atomic mass is 10.0. The predicted octanol–water partition coefficient (Wildman–Crippen LogP) is 4.35. The van der Waals surface area contributed by atoms with Gasteiger partial charge in [-0.25, -0.2) is 0 Å². The summed E-state index contributed by atoms with van der Waals surface area (Å²) in [5, 5.41) is 2.42. The summed E-state index contributed by atoms with van der Waals surface area (Å²) >= 11 is 0. The zero-order chi connectivity index (χ0) is 20.6. The molecule has 0 radical (unpaired) electrons. The van der Waals surface area contributed by atoms with E-state index in [0.29, 0.717) is 13.0 Å². The topological polar surface area (TPSA) is 26.3 Å². The Bertz CT molecular complexity index is 787. The summed E-state index contributed by atoms with van der Waals surface area (Å²) in [7, 11) is -2.54. The first-order chi connectivity index (χ1) is 13.3. The molecule has 0 aliphatic carbocycles. The van der Waals surface area contributed by atoms with Gasteiger partial charge in [0.1, 0.15) is 5.78 Å². The molecule has 0 spiro atoms. The van der Waals surface area contributed by atoms with E-state index in [2.05, 4.69) is 75.2 Å². The smallest absolute Gasteiger partial charge is 0.261 e. The van der Waals surface area contributed by atoms with E-state index >= 15 is 0 Å². The zero-order valence-electron chi connectivity index (χ0n) is 17.3. The predicted molar refractivity (Wildman–Crippen MR) is 120 cm³/mol. The quantitative estimate of drug-likeness (QED) is 0.381. The van der Waals surface area contributed by atoms with Crippen molar-refractivity contribution in [3.8, 4) is 12.3 Å². The average Bonchev–Trinajstić information content (AvgIpc) is 2.67. The summed E-state index contributed by atoms with van der Waals surface area (Å²) in [6.07, 6.45) is 9.65. The highest BCUT2D eigenvalue weighted by Crippen LogP contribution is 2.36. The Morgan fingerprint density at radius 2 is 1.57 bits per heavy atom. The van der Waals surface area contributed by atoms with Gasteiger partial charge in [0.2, 0.25) is 0 Å². The second kappa shape index (κ2) is 9.68. The minimum Gasteiger partial charge on any atom is -0.404 e. The molecular formula is C25H30O2Si. The van der Waals surface area contributed by atoms with Crippen molar-refractivity contribution in [1.82, 2.24) is 0 Å². The highest BCUT2D eigenvalue weighted by Gasteiger charge is 2.49. The van der Waals surface area contributed by atoms with Crippen molar-refractivity contribution in [3.63, 3.8) is 0 Å². The van der Waals surface area contributed by atoms with Crippen LogP contribution in [0.4, 0.5) is 0 Å². The molecule has 0 saturated carbocycles. The fraction of sp³-hybridized carbons (Fsp3) is 0.320. The zero-order valence-corrected chi connectivity index (χ0v) is 18.3. The lowest BCUT2D eigenvalue weighted by molar-refractivity contribution is -0.119. The molecule has 0 aliphatic heterocycles. The molecule has 0 N–H and O–H groups in total. The molecule has 146 valence electrons. The van der Waals surface area contributed by atoms with Gasteiger partial charge in [-0.1, -0.05) is 93.6 Å². The van der Waals surface area contributed by atoms with E-state index in [0.717, 1.165) is 0 Å². The molecule has 0 aliphatic rings. The Morgan fingerprint density at radius 3 is 1.96 bits per heavy atom. The number of carbonyl (C=O) groups excluding carboxylic acids is 1. The fourth-order valence-electron chi connectivity index (χ4n) is 3.63. The molecule has 28 heavy (non-hydrogen) atoms. The van der Waals surface area contributed by atoms with E-state index in [1.54, 1.807) is 6.92 Å². The highest BCUT2D eigenvalue weighted by molar-refractivity contribution is 6.99. The first-order valence-corrected chi connectivity index (χ1v) is 11.6. The molecule has 0 unspecified atom stereocenters. The van der Waals surface area contributed by atoms with Crippen molar-refractivity contribution in [2.24, 2.45) is 5.92 Å². The normalized spacial score (nSPS) is 13.2.